The molecule has 6 heteroatoms. The Bertz CT molecular complexity index is 2750. The zero-order chi connectivity index (χ0) is 40.0. The van der Waals surface area contributed by atoms with Gasteiger partial charge in [-0.25, -0.2) is 0 Å². The number of hydrogen-bond acceptors (Lipinski definition) is 3. The Labute approximate surface area is 352 Å². The van der Waals surface area contributed by atoms with Crippen LogP contribution in [0.25, 0.3) is 0 Å². The molecule has 0 unspecified atom stereocenters. The van der Waals surface area contributed by atoms with Crippen molar-refractivity contribution in [2.45, 2.75) is 0 Å². The van der Waals surface area contributed by atoms with Crippen molar-refractivity contribution in [3.63, 3.8) is 0 Å². The molecule has 3 nitrogen and oxygen atoms in total. The lowest BCUT2D eigenvalue weighted by Crippen LogP contribution is -2.57. The Morgan fingerprint density at radius 2 is 0.550 bits per heavy atom. The van der Waals surface area contributed by atoms with Crippen molar-refractivity contribution in [2.24, 2.45) is 0 Å². The highest BCUT2D eigenvalue weighted by atomic mass is 31.2. The molecule has 9 aromatic rings. The average Bonchev–Trinajstić information content (AvgIpc) is 3.33. The van der Waals surface area contributed by atoms with E-state index in [1.807, 2.05) is 30.3 Å². The lowest BCUT2D eigenvalue weighted by atomic mass is 9.35. The molecule has 0 fully saturated rings. The van der Waals surface area contributed by atoms with Crippen LogP contribution in [0.2, 0.25) is 0 Å². The number of nitrogens with zero attached hydrogens (tertiary/aromatic N) is 2. The maximum Gasteiger partial charge on any atom is 0.246 e. The average molecular weight is 785 g/mol. The van der Waals surface area contributed by atoms with Crippen LogP contribution in [0.1, 0.15) is 0 Å². The molecule has 282 valence electrons. The van der Waals surface area contributed by atoms with E-state index < -0.39 is 7.14 Å². The first-order valence-corrected chi connectivity index (χ1v) is 22.3. The first-order chi connectivity index (χ1) is 29.7. The summed E-state index contributed by atoms with van der Waals surface area (Å²) in [6, 6.07) is 83.2. The van der Waals surface area contributed by atoms with Crippen LogP contribution in [-0.2, 0) is 4.57 Å². The summed E-state index contributed by atoms with van der Waals surface area (Å²) in [4.78, 5) is 4.71. The fourth-order valence-electron chi connectivity index (χ4n) is 9.61. The second-order valence-corrected chi connectivity index (χ2v) is 18.3. The number of benzene rings is 9. The molecular weight excluding hydrogens is 745 g/mol. The minimum absolute atomic E-state index is 0.118. The standard InChI is InChI=1S/C54H39B2N2OP/c59-60(44-22-8-3-9-23-44,45-36-32-42(33-37-45)57-51-28-14-10-24-47(51)55(40-18-4-1-5-19-40)48-25-11-15-29-52(48)57)46-38-34-43(35-39-46)58-53-30-16-12-26-49(53)56(41-20-6-2-7-21-41)50-27-13-17-31-54(50)58/h1-39H. The first kappa shape index (κ1) is 36.1. The molecule has 60 heavy (non-hydrogen) atoms. The van der Waals surface area contributed by atoms with E-state index >= 15 is 4.57 Å². The lowest BCUT2D eigenvalue weighted by Gasteiger charge is -2.37. The summed E-state index contributed by atoms with van der Waals surface area (Å²) in [5.74, 6) is 0. The minimum atomic E-state index is -3.30. The highest BCUT2D eigenvalue weighted by Gasteiger charge is 2.37. The van der Waals surface area contributed by atoms with E-state index in [-0.39, 0.29) is 13.4 Å². The van der Waals surface area contributed by atoms with Gasteiger partial charge in [0.25, 0.3) is 0 Å². The molecule has 0 radical (unpaired) electrons. The second-order valence-electron chi connectivity index (χ2n) is 15.6. The molecule has 0 saturated carbocycles. The predicted molar refractivity (Wildman–Crippen MR) is 257 cm³/mol. The van der Waals surface area contributed by atoms with Gasteiger partial charge in [0, 0.05) is 50.0 Å². The Kier molecular flexibility index (Phi) is 8.98. The largest absolute Gasteiger partial charge is 0.312 e. The third-order valence-electron chi connectivity index (χ3n) is 12.3. The normalized spacial score (nSPS) is 12.9. The van der Waals surface area contributed by atoms with Gasteiger partial charge >= 0.3 is 0 Å². The summed E-state index contributed by atoms with van der Waals surface area (Å²) >= 11 is 0. The van der Waals surface area contributed by atoms with Gasteiger partial charge in [-0.3, -0.25) is 0 Å². The van der Waals surface area contributed by atoms with Crippen molar-refractivity contribution in [3.8, 4) is 0 Å². The number of fused-ring (bicyclic) bond motifs is 4. The molecule has 0 aliphatic carbocycles. The lowest BCUT2D eigenvalue weighted by molar-refractivity contribution is 0.592. The van der Waals surface area contributed by atoms with Crippen molar-refractivity contribution >= 4 is 103 Å². The molecule has 0 saturated heterocycles. The van der Waals surface area contributed by atoms with Gasteiger partial charge in [-0.1, -0.05) is 175 Å². The number of para-hydroxylation sites is 4. The molecule has 11 rings (SSSR count). The summed E-state index contributed by atoms with van der Waals surface area (Å²) in [7, 11) is -3.30. The van der Waals surface area contributed by atoms with E-state index in [1.165, 1.54) is 32.8 Å². The van der Waals surface area contributed by atoms with Crippen LogP contribution < -0.4 is 58.5 Å². The summed E-state index contributed by atoms with van der Waals surface area (Å²) in [5, 5.41) is 2.40. The fourth-order valence-corrected chi connectivity index (χ4v) is 12.2. The summed E-state index contributed by atoms with van der Waals surface area (Å²) in [5.41, 5.74) is 14.2. The van der Waals surface area contributed by atoms with Gasteiger partial charge in [-0.15, -0.1) is 0 Å². The third kappa shape index (κ3) is 5.88. The molecule has 0 amide bonds. The Balaban J connectivity index is 0.991. The maximum absolute atomic E-state index is 16.0. The zero-order valence-electron chi connectivity index (χ0n) is 32.9. The van der Waals surface area contributed by atoms with Gasteiger partial charge in [0.1, 0.15) is 0 Å². The fraction of sp³-hybridized carbons (Fsp3) is 0. The molecule has 0 bridgehead atoms. The molecule has 0 spiro atoms. The van der Waals surface area contributed by atoms with E-state index in [2.05, 4.69) is 216 Å². The van der Waals surface area contributed by atoms with Gasteiger partial charge in [-0.05, 0) is 94.6 Å². The number of anilines is 6. The van der Waals surface area contributed by atoms with E-state index in [9.17, 15) is 0 Å². The molecule has 9 aromatic carbocycles. The quantitative estimate of drug-likeness (QED) is 0.121. The smallest absolute Gasteiger partial charge is 0.246 e. The molecular formula is C54H39B2N2OP. The predicted octanol–water partition coefficient (Wildman–Crippen LogP) is 7.92. The van der Waals surface area contributed by atoms with Crippen molar-refractivity contribution in [1.29, 1.82) is 0 Å². The van der Waals surface area contributed by atoms with Gasteiger partial charge in [0.05, 0.1) is 0 Å². The molecule has 2 heterocycles. The van der Waals surface area contributed by atoms with Gasteiger partial charge in [0.15, 0.2) is 7.14 Å². The highest BCUT2D eigenvalue weighted by Crippen LogP contribution is 2.45. The van der Waals surface area contributed by atoms with Crippen molar-refractivity contribution in [3.05, 3.63) is 237 Å². The van der Waals surface area contributed by atoms with Gasteiger partial charge in [0.2, 0.25) is 13.4 Å². The van der Waals surface area contributed by atoms with Crippen LogP contribution >= 0.6 is 7.14 Å². The van der Waals surface area contributed by atoms with Crippen LogP contribution in [0, 0.1) is 0 Å². The summed E-state index contributed by atoms with van der Waals surface area (Å²) in [6.45, 7) is 0.236. The topological polar surface area (TPSA) is 23.6 Å². The monoisotopic (exact) mass is 784 g/mol. The Hall–Kier alpha value is -7.06. The molecule has 2 aliphatic heterocycles. The summed E-state index contributed by atoms with van der Waals surface area (Å²) < 4.78 is 16.0. The number of hydrogen-bond donors (Lipinski definition) is 0. The first-order valence-electron chi connectivity index (χ1n) is 20.6. The van der Waals surface area contributed by atoms with E-state index in [0.717, 1.165) is 50.0 Å². The van der Waals surface area contributed by atoms with Gasteiger partial charge in [-0.2, -0.15) is 0 Å². The van der Waals surface area contributed by atoms with E-state index in [1.54, 1.807) is 0 Å². The molecule has 0 aromatic heterocycles. The van der Waals surface area contributed by atoms with Crippen LogP contribution in [0.3, 0.4) is 0 Å². The van der Waals surface area contributed by atoms with Crippen molar-refractivity contribution in [2.75, 3.05) is 9.80 Å². The van der Waals surface area contributed by atoms with Gasteiger partial charge < -0.3 is 14.4 Å². The van der Waals surface area contributed by atoms with Crippen molar-refractivity contribution in [1.82, 2.24) is 0 Å². The van der Waals surface area contributed by atoms with Crippen LogP contribution in [0.5, 0.6) is 0 Å². The maximum atomic E-state index is 16.0. The molecule has 0 atom stereocenters. The van der Waals surface area contributed by atoms with Crippen LogP contribution in [-0.4, -0.2) is 13.4 Å². The SMILES string of the molecule is O=P(c1ccccc1)(c1ccc(N2c3ccccc3B(c3ccccc3)c3ccccc32)cc1)c1ccc(N2c3ccccc3B(c3ccccc3)c3ccccc32)cc1. The zero-order valence-corrected chi connectivity index (χ0v) is 33.8. The third-order valence-corrected chi connectivity index (χ3v) is 15.4. The van der Waals surface area contributed by atoms with E-state index in [4.69, 9.17) is 0 Å². The van der Waals surface area contributed by atoms with E-state index in [0.29, 0.717) is 0 Å². The Morgan fingerprint density at radius 3 is 0.883 bits per heavy atom. The van der Waals surface area contributed by atoms with Crippen LogP contribution in [0.15, 0.2) is 237 Å². The van der Waals surface area contributed by atoms with Crippen molar-refractivity contribution < 1.29 is 4.57 Å². The Morgan fingerprint density at radius 1 is 0.283 bits per heavy atom. The molecule has 0 N–H and O–H groups in total. The molecule has 2 aliphatic rings. The summed E-state index contributed by atoms with van der Waals surface area (Å²) in [6.07, 6.45) is 0. The minimum Gasteiger partial charge on any atom is -0.312 e. The van der Waals surface area contributed by atoms with Crippen LogP contribution in [0.4, 0.5) is 34.1 Å². The second kappa shape index (κ2) is 15.0. The number of rotatable bonds is 7. The highest BCUT2D eigenvalue weighted by molar-refractivity contribution is 7.85.